The van der Waals surface area contributed by atoms with E-state index in [0.717, 1.165) is 11.1 Å². The van der Waals surface area contributed by atoms with Crippen LogP contribution in [0.4, 0.5) is 0 Å². The zero-order valence-electron chi connectivity index (χ0n) is 10.5. The van der Waals surface area contributed by atoms with Crippen LogP contribution in [0.5, 0.6) is 0 Å². The minimum atomic E-state index is 0.169. The van der Waals surface area contributed by atoms with E-state index in [1.165, 1.54) is 11.1 Å². The summed E-state index contributed by atoms with van der Waals surface area (Å²) in [4.78, 5) is 11.2. The normalized spacial score (nSPS) is 14.3. The quantitative estimate of drug-likeness (QED) is 0.773. The molecule has 0 saturated carbocycles. The van der Waals surface area contributed by atoms with Crippen LogP contribution in [0.2, 0.25) is 0 Å². The molecule has 1 nitrogen and oxygen atoms in total. The molecule has 2 aromatic rings. The number of carbonyl (C=O) groups is 1. The van der Waals surface area contributed by atoms with Crippen molar-refractivity contribution in [3.05, 3.63) is 78.4 Å². The first-order chi connectivity index (χ1) is 9.33. The third kappa shape index (κ3) is 2.55. The van der Waals surface area contributed by atoms with Crippen molar-refractivity contribution in [3.63, 3.8) is 0 Å². The number of hydrogen-bond acceptors (Lipinski definition) is 1. The Hall–Kier alpha value is -2.41. The zero-order chi connectivity index (χ0) is 13.1. The van der Waals surface area contributed by atoms with Gasteiger partial charge in [-0.3, -0.25) is 4.79 Å². The monoisotopic (exact) mass is 246 g/mol. The minimum Gasteiger partial charge on any atom is -0.295 e. The first-order valence-electron chi connectivity index (χ1n) is 6.40. The summed E-state index contributed by atoms with van der Waals surface area (Å²) in [7, 11) is 0. The molecule has 1 aliphatic rings. The predicted octanol–water partition coefficient (Wildman–Crippen LogP) is 4.27. The van der Waals surface area contributed by atoms with Crippen LogP contribution in [0.1, 0.15) is 12.0 Å². The predicted molar refractivity (Wildman–Crippen MR) is 78.6 cm³/mol. The van der Waals surface area contributed by atoms with Crippen LogP contribution in [-0.4, -0.2) is 5.78 Å². The van der Waals surface area contributed by atoms with Crippen LogP contribution in [0.15, 0.2) is 72.8 Å². The molecule has 0 radical (unpaired) electrons. The Bertz CT molecular complexity index is 663. The highest BCUT2D eigenvalue weighted by Crippen LogP contribution is 2.25. The van der Waals surface area contributed by atoms with Crippen LogP contribution in [0, 0.1) is 0 Å². The Morgan fingerprint density at radius 1 is 0.737 bits per heavy atom. The minimum absolute atomic E-state index is 0.169. The standard InChI is InChI=1S/C18H14O/c19-18-11-9-15(10-12-18)17-8-4-7-16(13-17)14-5-2-1-3-6-14/h1-11,13H,12H2. The van der Waals surface area contributed by atoms with Crippen LogP contribution in [-0.2, 0) is 4.79 Å². The number of rotatable bonds is 2. The molecule has 92 valence electrons. The molecule has 1 aliphatic carbocycles. The fourth-order valence-corrected chi connectivity index (χ4v) is 2.25. The summed E-state index contributed by atoms with van der Waals surface area (Å²) in [6.07, 6.45) is 6.05. The van der Waals surface area contributed by atoms with Crippen molar-refractivity contribution in [2.24, 2.45) is 0 Å². The number of ketones is 1. The van der Waals surface area contributed by atoms with Crippen molar-refractivity contribution in [1.29, 1.82) is 0 Å². The Balaban J connectivity index is 1.97. The second-order valence-corrected chi connectivity index (χ2v) is 4.61. The summed E-state index contributed by atoms with van der Waals surface area (Å²) in [6, 6.07) is 18.7. The van der Waals surface area contributed by atoms with Gasteiger partial charge in [0.1, 0.15) is 0 Å². The van der Waals surface area contributed by atoms with E-state index in [1.807, 2.05) is 30.4 Å². The number of carbonyl (C=O) groups excluding carboxylic acids is 1. The Morgan fingerprint density at radius 3 is 2.21 bits per heavy atom. The van der Waals surface area contributed by atoms with Crippen LogP contribution in [0.25, 0.3) is 16.7 Å². The van der Waals surface area contributed by atoms with E-state index in [9.17, 15) is 4.79 Å². The molecule has 0 N–H and O–H groups in total. The zero-order valence-corrected chi connectivity index (χ0v) is 10.5. The highest BCUT2D eigenvalue weighted by atomic mass is 16.1. The molecule has 1 heteroatoms. The Morgan fingerprint density at radius 2 is 1.47 bits per heavy atom. The van der Waals surface area contributed by atoms with Gasteiger partial charge in [0.15, 0.2) is 5.78 Å². The first-order valence-corrected chi connectivity index (χ1v) is 6.40. The van der Waals surface area contributed by atoms with Crippen molar-refractivity contribution in [2.75, 3.05) is 0 Å². The fourth-order valence-electron chi connectivity index (χ4n) is 2.25. The molecular formula is C18H14O. The molecule has 0 unspecified atom stereocenters. The van der Waals surface area contributed by atoms with Gasteiger partial charge in [0.25, 0.3) is 0 Å². The van der Waals surface area contributed by atoms with E-state index in [1.54, 1.807) is 6.08 Å². The molecule has 0 amide bonds. The summed E-state index contributed by atoms with van der Waals surface area (Å²) in [5, 5.41) is 0. The second kappa shape index (κ2) is 5.07. The van der Waals surface area contributed by atoms with E-state index >= 15 is 0 Å². The maximum Gasteiger partial charge on any atom is 0.159 e. The third-order valence-electron chi connectivity index (χ3n) is 3.27. The number of allylic oxidation sites excluding steroid dienone is 4. The molecule has 2 aromatic carbocycles. The second-order valence-electron chi connectivity index (χ2n) is 4.61. The van der Waals surface area contributed by atoms with Gasteiger partial charge in [0, 0.05) is 6.42 Å². The van der Waals surface area contributed by atoms with Crippen LogP contribution >= 0.6 is 0 Å². The van der Waals surface area contributed by atoms with Gasteiger partial charge in [-0.15, -0.1) is 0 Å². The van der Waals surface area contributed by atoms with Gasteiger partial charge in [0.2, 0.25) is 0 Å². The van der Waals surface area contributed by atoms with Gasteiger partial charge in [-0.05, 0) is 34.4 Å². The summed E-state index contributed by atoms with van der Waals surface area (Å²) in [5.74, 6) is 0.169. The van der Waals surface area contributed by atoms with Crippen LogP contribution < -0.4 is 0 Å². The van der Waals surface area contributed by atoms with Crippen molar-refractivity contribution in [3.8, 4) is 11.1 Å². The lowest BCUT2D eigenvalue weighted by Gasteiger charge is -2.09. The van der Waals surface area contributed by atoms with E-state index in [-0.39, 0.29) is 5.78 Å². The Labute approximate surface area is 112 Å². The first kappa shape index (κ1) is 11.7. The summed E-state index contributed by atoms with van der Waals surface area (Å²) < 4.78 is 0. The summed E-state index contributed by atoms with van der Waals surface area (Å²) >= 11 is 0. The summed E-state index contributed by atoms with van der Waals surface area (Å²) in [6.45, 7) is 0. The lowest BCUT2D eigenvalue weighted by atomic mass is 9.96. The van der Waals surface area contributed by atoms with Crippen molar-refractivity contribution in [2.45, 2.75) is 6.42 Å². The van der Waals surface area contributed by atoms with Crippen molar-refractivity contribution >= 4 is 11.4 Å². The maximum absolute atomic E-state index is 11.2. The van der Waals surface area contributed by atoms with Gasteiger partial charge < -0.3 is 0 Å². The maximum atomic E-state index is 11.2. The lowest BCUT2D eigenvalue weighted by Crippen LogP contribution is -1.96. The van der Waals surface area contributed by atoms with Gasteiger partial charge in [-0.1, -0.05) is 60.7 Å². The van der Waals surface area contributed by atoms with Crippen molar-refractivity contribution < 1.29 is 4.79 Å². The fraction of sp³-hybridized carbons (Fsp3) is 0.0556. The van der Waals surface area contributed by atoms with Gasteiger partial charge >= 0.3 is 0 Å². The highest BCUT2D eigenvalue weighted by molar-refractivity contribution is 5.98. The lowest BCUT2D eigenvalue weighted by molar-refractivity contribution is -0.113. The molecule has 3 rings (SSSR count). The molecule has 0 bridgehead atoms. The van der Waals surface area contributed by atoms with E-state index < -0.39 is 0 Å². The molecule has 0 aromatic heterocycles. The largest absolute Gasteiger partial charge is 0.295 e. The third-order valence-corrected chi connectivity index (χ3v) is 3.27. The summed E-state index contributed by atoms with van der Waals surface area (Å²) in [5.41, 5.74) is 4.69. The molecule has 0 heterocycles. The molecule has 0 spiro atoms. The average Bonchev–Trinajstić information content (AvgIpc) is 2.49. The molecule has 0 saturated heterocycles. The number of benzene rings is 2. The number of hydrogen-bond donors (Lipinski definition) is 0. The van der Waals surface area contributed by atoms with E-state index in [2.05, 4.69) is 36.4 Å². The van der Waals surface area contributed by atoms with Crippen molar-refractivity contribution in [1.82, 2.24) is 0 Å². The van der Waals surface area contributed by atoms with Gasteiger partial charge in [-0.25, -0.2) is 0 Å². The molecule has 0 aliphatic heterocycles. The smallest absolute Gasteiger partial charge is 0.159 e. The SMILES string of the molecule is O=C1C=CC(c2cccc(-c3ccccc3)c2)=CC1. The molecule has 0 fully saturated rings. The van der Waals surface area contributed by atoms with E-state index in [0.29, 0.717) is 6.42 Å². The molecular weight excluding hydrogens is 232 g/mol. The molecule has 19 heavy (non-hydrogen) atoms. The average molecular weight is 246 g/mol. The van der Waals surface area contributed by atoms with Gasteiger partial charge in [0.05, 0.1) is 0 Å². The topological polar surface area (TPSA) is 17.1 Å². The highest BCUT2D eigenvalue weighted by Gasteiger charge is 2.06. The van der Waals surface area contributed by atoms with Crippen LogP contribution in [0.3, 0.4) is 0 Å². The van der Waals surface area contributed by atoms with Gasteiger partial charge in [-0.2, -0.15) is 0 Å². The van der Waals surface area contributed by atoms with E-state index in [4.69, 9.17) is 0 Å². The Kier molecular flexibility index (Phi) is 3.11. The molecule has 0 atom stereocenters.